The van der Waals surface area contributed by atoms with Gasteiger partial charge in [0.05, 0.1) is 25.1 Å². The van der Waals surface area contributed by atoms with Crippen molar-refractivity contribution >= 4 is 23.1 Å². The second-order valence-corrected chi connectivity index (χ2v) is 6.14. The van der Waals surface area contributed by atoms with E-state index in [1.54, 1.807) is 31.5 Å². The van der Waals surface area contributed by atoms with Gasteiger partial charge >= 0.3 is 0 Å². The minimum atomic E-state index is -0.242. The largest absolute Gasteiger partial charge is 0.495 e. The van der Waals surface area contributed by atoms with Gasteiger partial charge in [-0.25, -0.2) is 4.98 Å². The lowest BCUT2D eigenvalue weighted by atomic mass is 10.2. The van der Waals surface area contributed by atoms with E-state index in [-0.39, 0.29) is 5.91 Å². The lowest BCUT2D eigenvalue weighted by Gasteiger charge is -2.13. The van der Waals surface area contributed by atoms with E-state index >= 15 is 0 Å². The summed E-state index contributed by atoms with van der Waals surface area (Å²) >= 11 is 0. The average molecular weight is 377 g/mol. The number of aryl methyl sites for hydroxylation is 1. The van der Waals surface area contributed by atoms with Gasteiger partial charge < -0.3 is 20.1 Å². The van der Waals surface area contributed by atoms with Crippen LogP contribution in [0.3, 0.4) is 0 Å². The molecule has 0 spiro atoms. The van der Waals surface area contributed by atoms with E-state index in [0.717, 1.165) is 11.3 Å². The molecule has 3 aromatic rings. The summed E-state index contributed by atoms with van der Waals surface area (Å²) in [6, 6.07) is 16.5. The second-order valence-electron chi connectivity index (χ2n) is 6.14. The minimum absolute atomic E-state index is 0.242. The number of hydrogen-bond donors (Lipinski definition) is 2. The first-order chi connectivity index (χ1) is 13.6. The fraction of sp³-hybridized carbons (Fsp3) is 0.182. The Morgan fingerprint density at radius 3 is 2.64 bits per heavy atom. The molecule has 0 atom stereocenters. The molecule has 6 nitrogen and oxygen atoms in total. The molecule has 0 aliphatic rings. The van der Waals surface area contributed by atoms with Crippen LogP contribution in [0.2, 0.25) is 0 Å². The highest BCUT2D eigenvalue weighted by Crippen LogP contribution is 2.28. The van der Waals surface area contributed by atoms with Gasteiger partial charge in [-0.05, 0) is 55.8 Å². The fourth-order valence-corrected chi connectivity index (χ4v) is 2.74. The van der Waals surface area contributed by atoms with Gasteiger partial charge in [-0.3, -0.25) is 4.79 Å². The summed E-state index contributed by atoms with van der Waals surface area (Å²) in [7, 11) is 1.61. The molecule has 1 aromatic heterocycles. The molecule has 0 fully saturated rings. The summed E-state index contributed by atoms with van der Waals surface area (Å²) in [6.45, 7) is 4.42. The summed E-state index contributed by atoms with van der Waals surface area (Å²) in [5.74, 6) is 1.65. The number of hydrogen-bond acceptors (Lipinski definition) is 5. The molecule has 0 bridgehead atoms. The molecular formula is C22H23N3O3. The number of carbonyl (C=O) groups excluding carboxylic acids is 1. The predicted octanol–water partition coefficient (Wildman–Crippen LogP) is 4.79. The Hall–Kier alpha value is -3.54. The van der Waals surface area contributed by atoms with Gasteiger partial charge in [-0.1, -0.05) is 18.2 Å². The first kappa shape index (κ1) is 19.2. The zero-order valence-corrected chi connectivity index (χ0v) is 16.2. The third kappa shape index (κ3) is 4.59. The van der Waals surface area contributed by atoms with E-state index in [0.29, 0.717) is 35.2 Å². The van der Waals surface area contributed by atoms with E-state index in [2.05, 4.69) is 15.6 Å². The lowest BCUT2D eigenvalue weighted by Crippen LogP contribution is -2.13. The molecule has 0 aliphatic carbocycles. The Kier molecular flexibility index (Phi) is 6.11. The number of para-hydroxylation sites is 2. The smallest absolute Gasteiger partial charge is 0.255 e. The van der Waals surface area contributed by atoms with Crippen molar-refractivity contribution in [1.29, 1.82) is 0 Å². The molecule has 2 aromatic carbocycles. The fourth-order valence-electron chi connectivity index (χ4n) is 2.74. The van der Waals surface area contributed by atoms with Crippen molar-refractivity contribution in [3.8, 4) is 11.5 Å². The number of pyridine rings is 1. The Bertz CT molecular complexity index is 973. The molecule has 1 heterocycles. The Morgan fingerprint density at radius 1 is 1.04 bits per heavy atom. The normalized spacial score (nSPS) is 10.2. The van der Waals surface area contributed by atoms with Crippen molar-refractivity contribution in [2.45, 2.75) is 13.8 Å². The third-order valence-electron chi connectivity index (χ3n) is 4.07. The molecule has 0 unspecified atom stereocenters. The first-order valence-corrected chi connectivity index (χ1v) is 9.01. The first-order valence-electron chi connectivity index (χ1n) is 9.01. The minimum Gasteiger partial charge on any atom is -0.495 e. The molecule has 0 aliphatic heterocycles. The van der Waals surface area contributed by atoms with Crippen LogP contribution in [-0.4, -0.2) is 24.6 Å². The molecule has 3 rings (SSSR count). The van der Waals surface area contributed by atoms with Crippen LogP contribution >= 0.6 is 0 Å². The maximum absolute atomic E-state index is 12.7. The standard InChI is InChI=1S/C22H23N3O3/c1-4-28-20-8-6-5-7-17(20)25-22(26)16-11-12-23-21(14-16)24-18-13-15(2)9-10-19(18)27-3/h5-14H,4H2,1-3H3,(H,23,24)(H,25,26). The van der Waals surface area contributed by atoms with Crippen LogP contribution in [0, 0.1) is 6.92 Å². The zero-order valence-electron chi connectivity index (χ0n) is 16.2. The van der Waals surface area contributed by atoms with Crippen molar-refractivity contribution in [3.05, 3.63) is 71.9 Å². The number of nitrogens with zero attached hydrogens (tertiary/aromatic N) is 1. The van der Waals surface area contributed by atoms with E-state index in [1.807, 2.05) is 50.2 Å². The highest BCUT2D eigenvalue weighted by Gasteiger charge is 2.12. The number of aromatic nitrogens is 1. The Morgan fingerprint density at radius 2 is 1.86 bits per heavy atom. The van der Waals surface area contributed by atoms with Gasteiger partial charge in [0.2, 0.25) is 0 Å². The summed E-state index contributed by atoms with van der Waals surface area (Å²) in [4.78, 5) is 17.0. The van der Waals surface area contributed by atoms with Crippen molar-refractivity contribution in [1.82, 2.24) is 4.98 Å². The van der Waals surface area contributed by atoms with Crippen molar-refractivity contribution in [2.75, 3.05) is 24.4 Å². The average Bonchev–Trinajstić information content (AvgIpc) is 2.70. The summed E-state index contributed by atoms with van der Waals surface area (Å²) in [6.07, 6.45) is 1.59. The number of ether oxygens (including phenoxy) is 2. The number of methoxy groups -OCH3 is 1. The van der Waals surface area contributed by atoms with Crippen LogP contribution in [0.25, 0.3) is 0 Å². The number of anilines is 3. The zero-order chi connectivity index (χ0) is 19.9. The quantitative estimate of drug-likeness (QED) is 0.619. The molecule has 0 saturated heterocycles. The SMILES string of the molecule is CCOc1ccccc1NC(=O)c1ccnc(Nc2cc(C)ccc2OC)c1. The van der Waals surface area contributed by atoms with Gasteiger partial charge in [-0.2, -0.15) is 0 Å². The molecular weight excluding hydrogens is 354 g/mol. The van der Waals surface area contributed by atoms with Crippen LogP contribution < -0.4 is 20.1 Å². The highest BCUT2D eigenvalue weighted by atomic mass is 16.5. The van der Waals surface area contributed by atoms with Crippen molar-refractivity contribution < 1.29 is 14.3 Å². The van der Waals surface area contributed by atoms with Crippen LogP contribution in [0.4, 0.5) is 17.2 Å². The number of benzene rings is 2. The maximum Gasteiger partial charge on any atom is 0.255 e. The Labute approximate surface area is 164 Å². The molecule has 0 saturated carbocycles. The van der Waals surface area contributed by atoms with Gasteiger partial charge in [-0.15, -0.1) is 0 Å². The monoisotopic (exact) mass is 377 g/mol. The van der Waals surface area contributed by atoms with Gasteiger partial charge in [0.1, 0.15) is 17.3 Å². The summed E-state index contributed by atoms with van der Waals surface area (Å²) < 4.78 is 10.9. The number of amides is 1. The number of nitrogens with one attached hydrogen (secondary N) is 2. The molecule has 28 heavy (non-hydrogen) atoms. The van der Waals surface area contributed by atoms with E-state index in [1.165, 1.54) is 0 Å². The van der Waals surface area contributed by atoms with Gasteiger partial charge in [0, 0.05) is 11.8 Å². The summed E-state index contributed by atoms with van der Waals surface area (Å²) in [5.41, 5.74) is 2.98. The van der Waals surface area contributed by atoms with E-state index < -0.39 is 0 Å². The second kappa shape index (κ2) is 8.90. The van der Waals surface area contributed by atoms with Gasteiger partial charge in [0.25, 0.3) is 5.91 Å². The van der Waals surface area contributed by atoms with Crippen LogP contribution in [-0.2, 0) is 0 Å². The van der Waals surface area contributed by atoms with E-state index in [4.69, 9.17) is 9.47 Å². The topological polar surface area (TPSA) is 72.5 Å². The molecule has 6 heteroatoms. The third-order valence-corrected chi connectivity index (χ3v) is 4.07. The van der Waals surface area contributed by atoms with Crippen LogP contribution in [0.1, 0.15) is 22.8 Å². The van der Waals surface area contributed by atoms with E-state index in [9.17, 15) is 4.79 Å². The van der Waals surface area contributed by atoms with Crippen LogP contribution in [0.15, 0.2) is 60.8 Å². The predicted molar refractivity (Wildman–Crippen MR) is 111 cm³/mol. The number of rotatable bonds is 7. The van der Waals surface area contributed by atoms with Gasteiger partial charge in [0.15, 0.2) is 0 Å². The maximum atomic E-state index is 12.7. The lowest BCUT2D eigenvalue weighted by molar-refractivity contribution is 0.102. The number of carbonyl (C=O) groups is 1. The molecule has 144 valence electrons. The Balaban J connectivity index is 1.80. The molecule has 1 amide bonds. The van der Waals surface area contributed by atoms with Crippen molar-refractivity contribution in [2.24, 2.45) is 0 Å². The van der Waals surface area contributed by atoms with Crippen molar-refractivity contribution in [3.63, 3.8) is 0 Å². The van der Waals surface area contributed by atoms with Crippen LogP contribution in [0.5, 0.6) is 11.5 Å². The highest BCUT2D eigenvalue weighted by molar-refractivity contribution is 6.05. The molecule has 2 N–H and O–H groups in total. The summed E-state index contributed by atoms with van der Waals surface area (Å²) in [5, 5.41) is 6.10. The molecule has 0 radical (unpaired) electrons.